The average molecular weight is 349 g/mol. The molecule has 2 amide bonds. The Balaban J connectivity index is 1.35. The van der Waals surface area contributed by atoms with Crippen LogP contribution in [0.1, 0.15) is 38.5 Å². The van der Waals surface area contributed by atoms with Gasteiger partial charge in [-0.15, -0.1) is 0 Å². The molecule has 25 heavy (non-hydrogen) atoms. The zero-order valence-corrected chi connectivity index (χ0v) is 15.2. The number of carbonyl (C=O) groups excluding carboxylic acids is 2. The largest absolute Gasteiger partial charge is 0.379 e. The zero-order valence-electron chi connectivity index (χ0n) is 15.2. The first kappa shape index (κ1) is 18.4. The number of rotatable bonds is 7. The number of morpholine rings is 1. The Kier molecular flexibility index (Phi) is 6.87. The van der Waals surface area contributed by atoms with E-state index in [1.54, 1.807) is 0 Å². The lowest BCUT2D eigenvalue weighted by Gasteiger charge is -2.26. The topological polar surface area (TPSA) is 61.9 Å². The van der Waals surface area contributed by atoms with Crippen LogP contribution in [0.5, 0.6) is 0 Å². The number of hydrogen-bond acceptors (Lipinski definition) is 4. The SMILES string of the molecule is O=C(NCCN1CCOCC1)C1CC(=O)N(CCC2=CCCCC2)C1. The molecule has 2 fully saturated rings. The summed E-state index contributed by atoms with van der Waals surface area (Å²) in [6, 6.07) is 0. The van der Waals surface area contributed by atoms with Crippen LogP contribution < -0.4 is 5.32 Å². The molecule has 1 aliphatic carbocycles. The number of amides is 2. The van der Waals surface area contributed by atoms with E-state index < -0.39 is 0 Å². The van der Waals surface area contributed by atoms with Crippen LogP contribution in [0.2, 0.25) is 0 Å². The predicted octanol–water partition coefficient (Wildman–Crippen LogP) is 1.17. The summed E-state index contributed by atoms with van der Waals surface area (Å²) in [6.07, 6.45) is 8.58. The second kappa shape index (κ2) is 9.34. The van der Waals surface area contributed by atoms with Gasteiger partial charge in [0.15, 0.2) is 0 Å². The molecule has 2 aliphatic heterocycles. The Bertz CT molecular complexity index is 500. The fourth-order valence-electron chi connectivity index (χ4n) is 3.88. The highest BCUT2D eigenvalue weighted by atomic mass is 16.5. The van der Waals surface area contributed by atoms with Crippen molar-refractivity contribution in [2.75, 3.05) is 52.5 Å². The van der Waals surface area contributed by atoms with Gasteiger partial charge in [0.05, 0.1) is 19.1 Å². The van der Waals surface area contributed by atoms with Gasteiger partial charge in [-0.25, -0.2) is 0 Å². The zero-order chi connectivity index (χ0) is 17.5. The number of hydrogen-bond donors (Lipinski definition) is 1. The Hall–Kier alpha value is -1.40. The van der Waals surface area contributed by atoms with Gasteiger partial charge in [0, 0.05) is 45.7 Å². The Morgan fingerprint density at radius 2 is 2.08 bits per heavy atom. The molecule has 2 heterocycles. The van der Waals surface area contributed by atoms with Gasteiger partial charge in [-0.3, -0.25) is 14.5 Å². The molecule has 3 rings (SSSR count). The second-order valence-electron chi connectivity index (χ2n) is 7.34. The quantitative estimate of drug-likeness (QED) is 0.701. The van der Waals surface area contributed by atoms with E-state index in [9.17, 15) is 9.59 Å². The highest BCUT2D eigenvalue weighted by Gasteiger charge is 2.33. The molecule has 6 nitrogen and oxygen atoms in total. The van der Waals surface area contributed by atoms with Crippen LogP contribution in [0.15, 0.2) is 11.6 Å². The van der Waals surface area contributed by atoms with Gasteiger partial charge >= 0.3 is 0 Å². The highest BCUT2D eigenvalue weighted by Crippen LogP contribution is 2.23. The van der Waals surface area contributed by atoms with Crippen molar-refractivity contribution in [2.24, 2.45) is 5.92 Å². The molecule has 1 atom stereocenters. The van der Waals surface area contributed by atoms with Crippen LogP contribution in [0.4, 0.5) is 0 Å². The Morgan fingerprint density at radius 3 is 2.84 bits per heavy atom. The fraction of sp³-hybridized carbons (Fsp3) is 0.789. The summed E-state index contributed by atoms with van der Waals surface area (Å²) in [5.41, 5.74) is 1.48. The van der Waals surface area contributed by atoms with Crippen molar-refractivity contribution < 1.29 is 14.3 Å². The number of nitrogens with zero attached hydrogens (tertiary/aromatic N) is 2. The summed E-state index contributed by atoms with van der Waals surface area (Å²) in [5.74, 6) is -0.0248. The van der Waals surface area contributed by atoms with Crippen molar-refractivity contribution >= 4 is 11.8 Å². The lowest BCUT2D eigenvalue weighted by molar-refractivity contribution is -0.129. The van der Waals surface area contributed by atoms with Crippen molar-refractivity contribution in [3.8, 4) is 0 Å². The summed E-state index contributed by atoms with van der Waals surface area (Å²) in [6.45, 7) is 6.26. The first-order valence-electron chi connectivity index (χ1n) is 9.76. The first-order valence-corrected chi connectivity index (χ1v) is 9.76. The minimum Gasteiger partial charge on any atom is -0.379 e. The third-order valence-electron chi connectivity index (χ3n) is 5.50. The molecular weight excluding hydrogens is 318 g/mol. The molecule has 0 aromatic heterocycles. The molecule has 0 radical (unpaired) electrons. The predicted molar refractivity (Wildman–Crippen MR) is 96.1 cm³/mol. The number of ether oxygens (including phenoxy) is 1. The number of carbonyl (C=O) groups is 2. The maximum atomic E-state index is 12.3. The van der Waals surface area contributed by atoms with Crippen LogP contribution in [0.25, 0.3) is 0 Å². The molecule has 2 saturated heterocycles. The Labute approximate surface area is 150 Å². The molecule has 0 aromatic carbocycles. The van der Waals surface area contributed by atoms with E-state index in [0.29, 0.717) is 19.5 Å². The average Bonchev–Trinajstić information content (AvgIpc) is 3.02. The maximum Gasteiger partial charge on any atom is 0.225 e. The lowest BCUT2D eigenvalue weighted by Crippen LogP contribution is -2.42. The van der Waals surface area contributed by atoms with E-state index in [-0.39, 0.29) is 17.7 Å². The van der Waals surface area contributed by atoms with Crippen LogP contribution in [0.3, 0.4) is 0 Å². The molecule has 0 aromatic rings. The van der Waals surface area contributed by atoms with Gasteiger partial charge in [-0.05, 0) is 32.1 Å². The monoisotopic (exact) mass is 349 g/mol. The highest BCUT2D eigenvalue weighted by molar-refractivity contribution is 5.89. The van der Waals surface area contributed by atoms with Crippen molar-refractivity contribution in [3.63, 3.8) is 0 Å². The van der Waals surface area contributed by atoms with Gasteiger partial charge < -0.3 is 15.0 Å². The lowest BCUT2D eigenvalue weighted by atomic mass is 9.97. The van der Waals surface area contributed by atoms with E-state index >= 15 is 0 Å². The molecule has 1 unspecified atom stereocenters. The van der Waals surface area contributed by atoms with Crippen LogP contribution in [-0.2, 0) is 14.3 Å². The summed E-state index contributed by atoms with van der Waals surface area (Å²) in [4.78, 5) is 28.7. The smallest absolute Gasteiger partial charge is 0.225 e. The van der Waals surface area contributed by atoms with Gasteiger partial charge in [0.1, 0.15) is 0 Å². The normalized spacial score (nSPS) is 25.1. The van der Waals surface area contributed by atoms with Crippen molar-refractivity contribution in [3.05, 3.63) is 11.6 Å². The van der Waals surface area contributed by atoms with E-state index in [4.69, 9.17) is 4.74 Å². The fourth-order valence-corrected chi connectivity index (χ4v) is 3.88. The van der Waals surface area contributed by atoms with Gasteiger partial charge in [0.25, 0.3) is 0 Å². The molecule has 140 valence electrons. The first-order chi connectivity index (χ1) is 12.2. The van der Waals surface area contributed by atoms with E-state index in [0.717, 1.165) is 45.8 Å². The minimum absolute atomic E-state index is 0.0287. The summed E-state index contributed by atoms with van der Waals surface area (Å²) < 4.78 is 5.32. The van der Waals surface area contributed by atoms with Crippen molar-refractivity contribution in [1.82, 2.24) is 15.1 Å². The third kappa shape index (κ3) is 5.54. The molecule has 6 heteroatoms. The second-order valence-corrected chi connectivity index (χ2v) is 7.34. The minimum atomic E-state index is -0.183. The summed E-state index contributed by atoms with van der Waals surface area (Å²) >= 11 is 0. The molecular formula is C19H31N3O3. The standard InChI is InChI=1S/C19H31N3O3/c23-18-14-17(15-22(18)8-6-16-4-2-1-3-5-16)19(24)20-7-9-21-10-12-25-13-11-21/h4,17H,1-3,5-15H2,(H,20,24). The third-order valence-corrected chi connectivity index (χ3v) is 5.50. The maximum absolute atomic E-state index is 12.3. The molecule has 0 bridgehead atoms. The van der Waals surface area contributed by atoms with E-state index in [1.165, 1.54) is 31.3 Å². The van der Waals surface area contributed by atoms with Crippen LogP contribution in [-0.4, -0.2) is 74.1 Å². The Morgan fingerprint density at radius 1 is 1.24 bits per heavy atom. The summed E-state index contributed by atoms with van der Waals surface area (Å²) in [7, 11) is 0. The molecule has 3 aliphatic rings. The van der Waals surface area contributed by atoms with E-state index in [2.05, 4.69) is 16.3 Å². The van der Waals surface area contributed by atoms with Gasteiger partial charge in [-0.1, -0.05) is 11.6 Å². The van der Waals surface area contributed by atoms with Crippen LogP contribution in [0, 0.1) is 5.92 Å². The van der Waals surface area contributed by atoms with Crippen molar-refractivity contribution in [1.29, 1.82) is 0 Å². The number of likely N-dealkylation sites (tertiary alicyclic amines) is 1. The van der Waals surface area contributed by atoms with E-state index in [1.807, 2.05) is 4.90 Å². The number of nitrogens with one attached hydrogen (secondary N) is 1. The summed E-state index contributed by atoms with van der Waals surface area (Å²) in [5, 5.41) is 3.01. The molecule has 1 N–H and O–H groups in total. The molecule has 0 saturated carbocycles. The van der Waals surface area contributed by atoms with Crippen LogP contribution >= 0.6 is 0 Å². The molecule has 0 spiro atoms. The van der Waals surface area contributed by atoms with Crippen molar-refractivity contribution in [2.45, 2.75) is 38.5 Å². The van der Waals surface area contributed by atoms with Gasteiger partial charge in [0.2, 0.25) is 11.8 Å². The van der Waals surface area contributed by atoms with Gasteiger partial charge in [-0.2, -0.15) is 0 Å². The number of allylic oxidation sites excluding steroid dienone is 1.